The fraction of sp³-hybridized carbons (Fsp3) is 0.588. The molecule has 1 aliphatic carbocycles. The first kappa shape index (κ1) is 14.9. The zero-order valence-electron chi connectivity index (χ0n) is 12.6. The second-order valence-electron chi connectivity index (χ2n) is 5.66. The minimum absolute atomic E-state index is 0.0925. The average Bonchev–Trinajstić information content (AvgIpc) is 2.68. The third-order valence-electron chi connectivity index (χ3n) is 4.14. The van der Waals surface area contributed by atoms with Crippen LogP contribution in [-0.2, 0) is 9.53 Å². The summed E-state index contributed by atoms with van der Waals surface area (Å²) in [5.41, 5.74) is 1.67. The van der Waals surface area contributed by atoms with Gasteiger partial charge in [0.2, 0.25) is 0 Å². The fourth-order valence-corrected chi connectivity index (χ4v) is 2.95. The van der Waals surface area contributed by atoms with Gasteiger partial charge in [-0.2, -0.15) is 0 Å². The molecule has 1 N–H and O–H groups in total. The van der Waals surface area contributed by atoms with E-state index in [1.165, 1.54) is 18.4 Å². The molecular weight excluding hydrogens is 250 g/mol. The van der Waals surface area contributed by atoms with Gasteiger partial charge < -0.3 is 10.1 Å². The van der Waals surface area contributed by atoms with Gasteiger partial charge in [0.1, 0.15) is 5.54 Å². The molecule has 0 radical (unpaired) electrons. The standard InChI is InChI=1S/C17H25NO2/c1-3-20-16(19)17(12-8-4-5-9-13-17)18-15-11-7-6-10-14(15)2/h6-7,10-11,18H,3-5,8-9,12-13H2,1-2H3. The maximum absolute atomic E-state index is 12.5. The number of para-hydroxylation sites is 1. The number of carbonyl (C=O) groups excluding carboxylic acids is 1. The van der Waals surface area contributed by atoms with E-state index in [1.807, 2.05) is 25.1 Å². The lowest BCUT2D eigenvalue weighted by atomic mass is 9.89. The minimum atomic E-state index is -0.543. The van der Waals surface area contributed by atoms with E-state index < -0.39 is 5.54 Å². The number of hydrogen-bond donors (Lipinski definition) is 1. The second-order valence-corrected chi connectivity index (χ2v) is 5.66. The van der Waals surface area contributed by atoms with Gasteiger partial charge in [-0.1, -0.05) is 43.9 Å². The third kappa shape index (κ3) is 3.33. The number of aryl methyl sites for hydroxylation is 1. The van der Waals surface area contributed by atoms with Gasteiger partial charge in [-0.3, -0.25) is 0 Å². The summed E-state index contributed by atoms with van der Waals surface area (Å²) in [5.74, 6) is -0.0925. The largest absolute Gasteiger partial charge is 0.464 e. The van der Waals surface area contributed by atoms with Crippen LogP contribution in [0.5, 0.6) is 0 Å². The third-order valence-corrected chi connectivity index (χ3v) is 4.14. The van der Waals surface area contributed by atoms with Crippen LogP contribution in [-0.4, -0.2) is 18.1 Å². The Bertz CT molecular complexity index is 448. The van der Waals surface area contributed by atoms with E-state index in [1.54, 1.807) is 0 Å². The van der Waals surface area contributed by atoms with Crippen molar-refractivity contribution in [3.05, 3.63) is 29.8 Å². The highest BCUT2D eigenvalue weighted by atomic mass is 16.5. The van der Waals surface area contributed by atoms with E-state index in [9.17, 15) is 4.79 Å². The Balaban J connectivity index is 2.26. The van der Waals surface area contributed by atoms with Gasteiger partial charge in [-0.15, -0.1) is 0 Å². The zero-order chi connectivity index (χ0) is 14.4. The molecule has 0 atom stereocenters. The topological polar surface area (TPSA) is 38.3 Å². The van der Waals surface area contributed by atoms with Crippen LogP contribution in [0, 0.1) is 6.92 Å². The van der Waals surface area contributed by atoms with Crippen LogP contribution in [0.2, 0.25) is 0 Å². The molecule has 0 spiro atoms. The number of nitrogens with one attached hydrogen (secondary N) is 1. The molecule has 1 aromatic carbocycles. The number of benzene rings is 1. The van der Waals surface area contributed by atoms with E-state index in [0.717, 1.165) is 31.4 Å². The van der Waals surface area contributed by atoms with Crippen molar-refractivity contribution in [3.8, 4) is 0 Å². The number of ether oxygens (including phenoxy) is 1. The summed E-state index contributed by atoms with van der Waals surface area (Å²) in [4.78, 5) is 12.5. The van der Waals surface area contributed by atoms with Crippen LogP contribution < -0.4 is 5.32 Å². The van der Waals surface area contributed by atoms with Gasteiger partial charge in [0.15, 0.2) is 0 Å². The van der Waals surface area contributed by atoms with E-state index in [-0.39, 0.29) is 5.97 Å². The average molecular weight is 275 g/mol. The van der Waals surface area contributed by atoms with Crippen molar-refractivity contribution in [1.82, 2.24) is 0 Å². The van der Waals surface area contributed by atoms with E-state index in [4.69, 9.17) is 4.74 Å². The molecule has 1 aromatic rings. The predicted octanol–water partition coefficient (Wildman–Crippen LogP) is 4.06. The molecule has 0 amide bonds. The van der Waals surface area contributed by atoms with Crippen LogP contribution in [0.4, 0.5) is 5.69 Å². The van der Waals surface area contributed by atoms with Crippen LogP contribution in [0.15, 0.2) is 24.3 Å². The molecule has 3 heteroatoms. The fourth-order valence-electron chi connectivity index (χ4n) is 2.95. The molecule has 0 aromatic heterocycles. The smallest absolute Gasteiger partial charge is 0.331 e. The van der Waals surface area contributed by atoms with E-state index in [0.29, 0.717) is 6.61 Å². The number of esters is 1. The SMILES string of the molecule is CCOC(=O)C1(Nc2ccccc2C)CCCCCC1. The van der Waals surface area contributed by atoms with Crippen molar-refractivity contribution in [2.75, 3.05) is 11.9 Å². The van der Waals surface area contributed by atoms with Gasteiger partial charge in [-0.25, -0.2) is 4.79 Å². The Morgan fingerprint density at radius 1 is 1.20 bits per heavy atom. The molecule has 20 heavy (non-hydrogen) atoms. The predicted molar refractivity (Wildman–Crippen MR) is 81.9 cm³/mol. The summed E-state index contributed by atoms with van der Waals surface area (Å²) in [6, 6.07) is 8.13. The molecule has 0 unspecified atom stereocenters. The lowest BCUT2D eigenvalue weighted by Gasteiger charge is -2.33. The Kier molecular flexibility index (Phi) is 5.05. The number of rotatable bonds is 4. The molecular formula is C17H25NO2. The van der Waals surface area contributed by atoms with Gasteiger partial charge >= 0.3 is 5.97 Å². The summed E-state index contributed by atoms with van der Waals surface area (Å²) in [6.45, 7) is 4.38. The van der Waals surface area contributed by atoms with Crippen molar-refractivity contribution in [3.63, 3.8) is 0 Å². The monoisotopic (exact) mass is 275 g/mol. The Hall–Kier alpha value is -1.51. The quantitative estimate of drug-likeness (QED) is 0.665. The molecule has 0 saturated heterocycles. The summed E-state index contributed by atoms with van der Waals surface area (Å²) < 4.78 is 5.35. The van der Waals surface area contributed by atoms with Crippen molar-refractivity contribution in [1.29, 1.82) is 0 Å². The van der Waals surface area contributed by atoms with Crippen LogP contribution in [0.3, 0.4) is 0 Å². The maximum Gasteiger partial charge on any atom is 0.331 e. The highest BCUT2D eigenvalue weighted by molar-refractivity contribution is 5.85. The van der Waals surface area contributed by atoms with Gasteiger partial charge in [-0.05, 0) is 38.3 Å². The van der Waals surface area contributed by atoms with E-state index in [2.05, 4.69) is 18.3 Å². The van der Waals surface area contributed by atoms with Crippen molar-refractivity contribution >= 4 is 11.7 Å². The molecule has 3 nitrogen and oxygen atoms in total. The van der Waals surface area contributed by atoms with Gasteiger partial charge in [0.25, 0.3) is 0 Å². The maximum atomic E-state index is 12.5. The lowest BCUT2D eigenvalue weighted by molar-refractivity contribution is -0.149. The number of anilines is 1. The minimum Gasteiger partial charge on any atom is -0.464 e. The Morgan fingerprint density at radius 2 is 1.85 bits per heavy atom. The second kappa shape index (κ2) is 6.78. The normalized spacial score (nSPS) is 18.1. The molecule has 1 saturated carbocycles. The first-order chi connectivity index (χ1) is 9.68. The van der Waals surface area contributed by atoms with Gasteiger partial charge in [0, 0.05) is 5.69 Å². The number of carbonyl (C=O) groups is 1. The van der Waals surface area contributed by atoms with Gasteiger partial charge in [0.05, 0.1) is 6.61 Å². The Morgan fingerprint density at radius 3 is 2.45 bits per heavy atom. The summed E-state index contributed by atoms with van der Waals surface area (Å²) >= 11 is 0. The molecule has 2 rings (SSSR count). The zero-order valence-corrected chi connectivity index (χ0v) is 12.6. The van der Waals surface area contributed by atoms with Crippen molar-refractivity contribution < 1.29 is 9.53 Å². The van der Waals surface area contributed by atoms with Crippen LogP contribution in [0.25, 0.3) is 0 Å². The highest BCUT2D eigenvalue weighted by Crippen LogP contribution is 2.32. The summed E-state index contributed by atoms with van der Waals surface area (Å²) in [5, 5.41) is 3.51. The molecule has 0 bridgehead atoms. The molecule has 110 valence electrons. The first-order valence-corrected chi connectivity index (χ1v) is 7.69. The lowest BCUT2D eigenvalue weighted by Crippen LogP contribution is -2.47. The van der Waals surface area contributed by atoms with Crippen molar-refractivity contribution in [2.24, 2.45) is 0 Å². The highest BCUT2D eigenvalue weighted by Gasteiger charge is 2.40. The van der Waals surface area contributed by atoms with Crippen LogP contribution in [0.1, 0.15) is 51.0 Å². The molecule has 1 aliphatic rings. The van der Waals surface area contributed by atoms with Crippen molar-refractivity contribution in [2.45, 2.75) is 57.9 Å². The molecule has 0 heterocycles. The first-order valence-electron chi connectivity index (χ1n) is 7.69. The summed E-state index contributed by atoms with van der Waals surface area (Å²) in [6.07, 6.45) is 6.29. The summed E-state index contributed by atoms with van der Waals surface area (Å²) in [7, 11) is 0. The van der Waals surface area contributed by atoms with E-state index >= 15 is 0 Å². The molecule has 0 aliphatic heterocycles. The number of hydrogen-bond acceptors (Lipinski definition) is 3. The Labute approximate surface area is 121 Å². The van der Waals surface area contributed by atoms with Crippen LogP contribution >= 0.6 is 0 Å². The molecule has 1 fully saturated rings.